The van der Waals surface area contributed by atoms with E-state index >= 15 is 0 Å². The van der Waals surface area contributed by atoms with Gasteiger partial charge in [0.2, 0.25) is 0 Å². The first-order chi connectivity index (χ1) is 8.31. The second kappa shape index (κ2) is 5.47. The molecule has 6 heteroatoms. The monoisotopic (exact) mass is 237 g/mol. The standard InChI is InChI=1S/C11H16FN5/c1-2-16-5-3-10(15-16)7-13-11-8-14-17(9-11)6-4-12/h3,5,8-9,13H,2,4,6-7H2,1H3. The SMILES string of the molecule is CCn1ccc(CNc2cnn(CCF)c2)n1. The molecular weight excluding hydrogens is 221 g/mol. The molecule has 0 atom stereocenters. The van der Waals surface area contributed by atoms with E-state index in [1.807, 2.05) is 23.9 Å². The predicted octanol–water partition coefficient (Wildman–Crippen LogP) is 1.68. The van der Waals surface area contributed by atoms with Gasteiger partial charge < -0.3 is 5.32 Å². The van der Waals surface area contributed by atoms with Crippen LogP contribution in [0.5, 0.6) is 0 Å². The molecule has 17 heavy (non-hydrogen) atoms. The Labute approximate surface area is 99.2 Å². The third-order valence-corrected chi connectivity index (χ3v) is 2.44. The highest BCUT2D eigenvalue weighted by Crippen LogP contribution is 2.07. The molecule has 0 fully saturated rings. The summed E-state index contributed by atoms with van der Waals surface area (Å²) in [6, 6.07) is 1.97. The molecule has 2 heterocycles. The van der Waals surface area contributed by atoms with E-state index in [4.69, 9.17) is 0 Å². The average molecular weight is 237 g/mol. The second-order valence-corrected chi connectivity index (χ2v) is 3.70. The molecule has 2 aromatic rings. The van der Waals surface area contributed by atoms with Gasteiger partial charge in [0.15, 0.2) is 0 Å². The van der Waals surface area contributed by atoms with Gasteiger partial charge in [-0.15, -0.1) is 0 Å². The van der Waals surface area contributed by atoms with Gasteiger partial charge in [0.25, 0.3) is 0 Å². The number of rotatable bonds is 6. The molecule has 0 aliphatic heterocycles. The van der Waals surface area contributed by atoms with Crippen molar-refractivity contribution in [1.82, 2.24) is 19.6 Å². The third kappa shape index (κ3) is 3.05. The van der Waals surface area contributed by atoms with Crippen LogP contribution >= 0.6 is 0 Å². The van der Waals surface area contributed by atoms with Gasteiger partial charge in [-0.1, -0.05) is 0 Å². The number of nitrogens with zero attached hydrogens (tertiary/aromatic N) is 4. The van der Waals surface area contributed by atoms with Gasteiger partial charge in [0.1, 0.15) is 6.67 Å². The van der Waals surface area contributed by atoms with Gasteiger partial charge in [0.05, 0.1) is 30.7 Å². The van der Waals surface area contributed by atoms with Gasteiger partial charge in [-0.3, -0.25) is 9.36 Å². The molecule has 5 nitrogen and oxygen atoms in total. The van der Waals surface area contributed by atoms with Gasteiger partial charge in [-0.25, -0.2) is 4.39 Å². The molecule has 0 saturated heterocycles. The summed E-state index contributed by atoms with van der Waals surface area (Å²) in [6.45, 7) is 3.46. The number of hydrogen-bond donors (Lipinski definition) is 1. The number of hydrogen-bond acceptors (Lipinski definition) is 3. The van der Waals surface area contributed by atoms with Crippen molar-refractivity contribution in [3.8, 4) is 0 Å². The Balaban J connectivity index is 1.88. The van der Waals surface area contributed by atoms with E-state index in [2.05, 4.69) is 15.5 Å². The van der Waals surface area contributed by atoms with Crippen molar-refractivity contribution in [3.63, 3.8) is 0 Å². The lowest BCUT2D eigenvalue weighted by molar-refractivity contribution is 0.427. The molecular formula is C11H16FN5. The normalized spacial score (nSPS) is 10.7. The molecule has 0 aromatic carbocycles. The summed E-state index contributed by atoms with van der Waals surface area (Å²) in [4.78, 5) is 0. The van der Waals surface area contributed by atoms with Crippen molar-refractivity contribution in [1.29, 1.82) is 0 Å². The molecule has 0 amide bonds. The van der Waals surface area contributed by atoms with Crippen LogP contribution in [0, 0.1) is 0 Å². The molecule has 0 saturated carbocycles. The summed E-state index contributed by atoms with van der Waals surface area (Å²) in [5, 5.41) is 11.6. The molecule has 2 rings (SSSR count). The molecule has 0 spiro atoms. The van der Waals surface area contributed by atoms with E-state index in [-0.39, 0.29) is 0 Å². The second-order valence-electron chi connectivity index (χ2n) is 3.70. The highest BCUT2D eigenvalue weighted by molar-refractivity contribution is 5.38. The van der Waals surface area contributed by atoms with E-state index in [1.54, 1.807) is 17.1 Å². The lowest BCUT2D eigenvalue weighted by Gasteiger charge is -2.00. The molecule has 0 unspecified atom stereocenters. The summed E-state index contributed by atoms with van der Waals surface area (Å²) in [5.74, 6) is 0. The minimum absolute atomic E-state index is 0.298. The van der Waals surface area contributed by atoms with Crippen LogP contribution in [0.1, 0.15) is 12.6 Å². The zero-order valence-electron chi connectivity index (χ0n) is 9.80. The molecule has 0 aliphatic rings. The number of aromatic nitrogens is 4. The maximum atomic E-state index is 12.1. The molecule has 1 N–H and O–H groups in total. The van der Waals surface area contributed by atoms with E-state index in [9.17, 15) is 4.39 Å². The first-order valence-electron chi connectivity index (χ1n) is 5.66. The molecule has 0 radical (unpaired) electrons. The van der Waals surface area contributed by atoms with E-state index in [1.165, 1.54) is 0 Å². The zero-order chi connectivity index (χ0) is 12.1. The minimum atomic E-state index is -0.401. The minimum Gasteiger partial charge on any atom is -0.377 e. The van der Waals surface area contributed by atoms with Gasteiger partial charge in [-0.2, -0.15) is 10.2 Å². The average Bonchev–Trinajstić information content (AvgIpc) is 2.95. The van der Waals surface area contributed by atoms with Crippen molar-refractivity contribution in [2.45, 2.75) is 26.6 Å². The topological polar surface area (TPSA) is 47.7 Å². The summed E-state index contributed by atoms with van der Waals surface area (Å²) >= 11 is 0. The Morgan fingerprint density at radius 1 is 1.41 bits per heavy atom. The van der Waals surface area contributed by atoms with Crippen LogP contribution < -0.4 is 5.32 Å². The number of halogens is 1. The number of alkyl halides is 1. The van der Waals surface area contributed by atoms with Crippen molar-refractivity contribution in [3.05, 3.63) is 30.4 Å². The summed E-state index contributed by atoms with van der Waals surface area (Å²) in [7, 11) is 0. The highest BCUT2D eigenvalue weighted by Gasteiger charge is 2.00. The molecule has 92 valence electrons. The fourth-order valence-electron chi connectivity index (χ4n) is 1.53. The van der Waals surface area contributed by atoms with Gasteiger partial charge in [-0.05, 0) is 13.0 Å². The number of anilines is 1. The number of nitrogens with one attached hydrogen (secondary N) is 1. The lowest BCUT2D eigenvalue weighted by Crippen LogP contribution is -2.02. The van der Waals surface area contributed by atoms with Crippen molar-refractivity contribution < 1.29 is 4.39 Å². The predicted molar refractivity (Wildman–Crippen MR) is 63.4 cm³/mol. The molecule has 0 bridgehead atoms. The van der Waals surface area contributed by atoms with E-state index < -0.39 is 6.67 Å². The van der Waals surface area contributed by atoms with Crippen LogP contribution in [-0.2, 0) is 19.6 Å². The quantitative estimate of drug-likeness (QED) is 0.831. The molecule has 2 aromatic heterocycles. The van der Waals surface area contributed by atoms with Gasteiger partial charge >= 0.3 is 0 Å². The summed E-state index contributed by atoms with van der Waals surface area (Å²) in [5.41, 5.74) is 1.86. The largest absolute Gasteiger partial charge is 0.377 e. The first kappa shape index (κ1) is 11.6. The molecule has 0 aliphatic carbocycles. The maximum absolute atomic E-state index is 12.1. The van der Waals surface area contributed by atoms with Crippen LogP contribution in [0.15, 0.2) is 24.7 Å². The Hall–Kier alpha value is -1.85. The van der Waals surface area contributed by atoms with Gasteiger partial charge in [0, 0.05) is 18.9 Å². The fraction of sp³-hybridized carbons (Fsp3) is 0.455. The Bertz CT molecular complexity index is 462. The highest BCUT2D eigenvalue weighted by atomic mass is 19.1. The first-order valence-corrected chi connectivity index (χ1v) is 5.66. The van der Waals surface area contributed by atoms with Crippen LogP contribution in [0.2, 0.25) is 0 Å². The summed E-state index contributed by atoms with van der Waals surface area (Å²) in [6.07, 6.45) is 5.42. The van der Waals surface area contributed by atoms with Crippen molar-refractivity contribution >= 4 is 5.69 Å². The van der Waals surface area contributed by atoms with E-state index in [0.29, 0.717) is 13.1 Å². The maximum Gasteiger partial charge on any atom is 0.109 e. The summed E-state index contributed by atoms with van der Waals surface area (Å²) < 4.78 is 15.5. The van der Waals surface area contributed by atoms with Crippen LogP contribution in [0.4, 0.5) is 10.1 Å². The van der Waals surface area contributed by atoms with Crippen LogP contribution in [0.25, 0.3) is 0 Å². The fourth-order valence-corrected chi connectivity index (χ4v) is 1.53. The van der Waals surface area contributed by atoms with Crippen molar-refractivity contribution in [2.75, 3.05) is 12.0 Å². The van der Waals surface area contributed by atoms with Crippen LogP contribution in [0.3, 0.4) is 0 Å². The third-order valence-electron chi connectivity index (χ3n) is 2.44. The van der Waals surface area contributed by atoms with Crippen molar-refractivity contribution in [2.24, 2.45) is 0 Å². The van der Waals surface area contributed by atoms with Crippen LogP contribution in [-0.4, -0.2) is 26.2 Å². The van der Waals surface area contributed by atoms with E-state index in [0.717, 1.165) is 17.9 Å². The Kier molecular flexibility index (Phi) is 3.74. The Morgan fingerprint density at radius 3 is 3.00 bits per heavy atom. The zero-order valence-corrected chi connectivity index (χ0v) is 9.80. The smallest absolute Gasteiger partial charge is 0.109 e. The Morgan fingerprint density at radius 2 is 2.29 bits per heavy atom. The lowest BCUT2D eigenvalue weighted by atomic mass is 10.4. The number of aryl methyl sites for hydroxylation is 2.